The Bertz CT molecular complexity index is 2210. The fraction of sp³-hybridized carbons (Fsp3) is 0.711. The van der Waals surface area contributed by atoms with E-state index in [0.29, 0.717) is 17.4 Å². The molecule has 2 atom stereocenters. The Balaban J connectivity index is 3.98. The van der Waals surface area contributed by atoms with Crippen molar-refractivity contribution in [1.82, 2.24) is 0 Å². The molecule has 0 radical (unpaired) electrons. The van der Waals surface area contributed by atoms with E-state index in [-0.39, 0.29) is 32.0 Å². The van der Waals surface area contributed by atoms with Gasteiger partial charge in [-0.15, -0.1) is 0 Å². The minimum Gasteiger partial charge on any atom is -0.462 e. The van der Waals surface area contributed by atoms with Gasteiger partial charge in [-0.05, 0) is 122 Å². The zero-order chi connectivity index (χ0) is 72.5. The minimum atomic E-state index is -4.41. The van der Waals surface area contributed by atoms with E-state index in [1.54, 1.807) is 0 Å². The molecule has 0 saturated heterocycles. The van der Waals surface area contributed by atoms with Crippen LogP contribution >= 0.6 is 7.82 Å². The molecule has 0 aromatic rings. The van der Waals surface area contributed by atoms with E-state index >= 15 is 0 Å². The Labute approximate surface area is 618 Å². The van der Waals surface area contributed by atoms with Crippen LogP contribution in [0, 0.1) is 0 Å². The molecule has 9 nitrogen and oxygen atoms in total. The fourth-order valence-corrected chi connectivity index (χ4v) is 12.3. The van der Waals surface area contributed by atoms with Crippen LogP contribution in [-0.2, 0) is 32.7 Å². The van der Waals surface area contributed by atoms with E-state index in [0.717, 1.165) is 116 Å². The Hall–Kier alpha value is -4.11. The van der Waals surface area contributed by atoms with Crippen LogP contribution in [0.1, 0.15) is 361 Å². The second kappa shape index (κ2) is 79.0. The second-order valence-electron chi connectivity index (χ2n) is 28.8. The first-order valence-corrected chi connectivity index (χ1v) is 43.1. The molecule has 10 heteroatoms. The van der Waals surface area contributed by atoms with Crippen molar-refractivity contribution in [3.05, 3.63) is 146 Å². The van der Waals surface area contributed by atoms with Gasteiger partial charge < -0.3 is 18.9 Å². The molecule has 0 bridgehead atoms. The molecule has 0 aliphatic rings. The number of allylic oxidation sites excluding steroid dienone is 24. The molecule has 574 valence electrons. The summed E-state index contributed by atoms with van der Waals surface area (Å²) >= 11 is 0. The van der Waals surface area contributed by atoms with Crippen LogP contribution < -0.4 is 0 Å². The highest BCUT2D eigenvalue weighted by Gasteiger charge is 2.27. The Morgan fingerprint density at radius 1 is 0.320 bits per heavy atom. The monoisotopic (exact) mass is 1410 g/mol. The Kier molecular flexibility index (Phi) is 75.8. The van der Waals surface area contributed by atoms with Crippen LogP contribution in [0.2, 0.25) is 0 Å². The number of unbranched alkanes of at least 4 members (excludes halogenated alkanes) is 38. The zero-order valence-corrected chi connectivity index (χ0v) is 66.5. The first kappa shape index (κ1) is 95.9. The third kappa shape index (κ3) is 82.8. The summed E-state index contributed by atoms with van der Waals surface area (Å²) in [6, 6.07) is 0. The molecule has 0 aromatic carbocycles. The maximum Gasteiger partial charge on any atom is 0.472 e. The summed E-state index contributed by atoms with van der Waals surface area (Å²) in [5, 5.41) is 0. The number of rotatable bonds is 76. The number of nitrogens with zero attached hydrogens (tertiary/aromatic N) is 1. The molecule has 0 heterocycles. The van der Waals surface area contributed by atoms with E-state index in [1.165, 1.54) is 212 Å². The SMILES string of the molecule is CC/C=C\C/C=C\C/C=C\C/C=C\C/C=C\C/C=C\C/C=C\C/C=C\C/C=C\CCCCCCCCCC(=O)OC(COC(=O)CCCCCCCCCCCCCCCCCCCCCCCCCCCC/C=C\C/C=C\C/C=C\CCCCCCC)COP(=O)(O)OCC[N+](C)(C)C. The highest BCUT2D eigenvalue weighted by Crippen LogP contribution is 2.43. The van der Waals surface area contributed by atoms with Crippen LogP contribution in [0.5, 0.6) is 0 Å². The van der Waals surface area contributed by atoms with Gasteiger partial charge in [0.15, 0.2) is 6.10 Å². The third-order valence-corrected chi connectivity index (χ3v) is 18.8. The van der Waals surface area contributed by atoms with Crippen molar-refractivity contribution in [3.63, 3.8) is 0 Å². The molecule has 1 N–H and O–H groups in total. The third-order valence-electron chi connectivity index (χ3n) is 17.9. The molecule has 0 aliphatic carbocycles. The second-order valence-corrected chi connectivity index (χ2v) is 30.2. The lowest BCUT2D eigenvalue weighted by atomic mass is 10.0. The Morgan fingerprint density at radius 3 is 0.850 bits per heavy atom. The molecule has 0 amide bonds. The Morgan fingerprint density at radius 2 is 0.570 bits per heavy atom. The lowest BCUT2D eigenvalue weighted by Gasteiger charge is -2.24. The molecule has 0 saturated carbocycles. The number of quaternary nitrogens is 1. The summed E-state index contributed by atoms with van der Waals surface area (Å²) in [6.45, 7) is 4.32. The summed E-state index contributed by atoms with van der Waals surface area (Å²) in [5.41, 5.74) is 0. The van der Waals surface area contributed by atoms with Crippen molar-refractivity contribution >= 4 is 19.8 Å². The van der Waals surface area contributed by atoms with Gasteiger partial charge in [0, 0.05) is 12.8 Å². The van der Waals surface area contributed by atoms with E-state index in [4.69, 9.17) is 18.5 Å². The highest BCUT2D eigenvalue weighted by molar-refractivity contribution is 7.47. The summed E-state index contributed by atoms with van der Waals surface area (Å²) in [7, 11) is 1.47. The predicted octanol–water partition coefficient (Wildman–Crippen LogP) is 28.1. The van der Waals surface area contributed by atoms with Gasteiger partial charge in [0.1, 0.15) is 19.8 Å². The summed E-state index contributed by atoms with van der Waals surface area (Å²) < 4.78 is 34.8. The summed E-state index contributed by atoms with van der Waals surface area (Å²) in [6.07, 6.45) is 117. The van der Waals surface area contributed by atoms with E-state index in [1.807, 2.05) is 21.1 Å². The minimum absolute atomic E-state index is 0.0242. The molecule has 0 aromatic heterocycles. The molecule has 0 fully saturated rings. The first-order valence-electron chi connectivity index (χ1n) is 41.6. The number of phosphoric acid groups is 1. The van der Waals surface area contributed by atoms with Crippen LogP contribution in [0.15, 0.2) is 146 Å². The van der Waals surface area contributed by atoms with Gasteiger partial charge in [0.05, 0.1) is 27.7 Å². The first-order chi connectivity index (χ1) is 49.0. The van der Waals surface area contributed by atoms with Crippen molar-refractivity contribution in [1.29, 1.82) is 0 Å². The number of phosphoric ester groups is 1. The number of likely N-dealkylation sites (N-methyl/N-ethyl adjacent to an activating group) is 1. The summed E-state index contributed by atoms with van der Waals surface area (Å²) in [5.74, 6) is -0.805. The highest BCUT2D eigenvalue weighted by atomic mass is 31.2. The number of hydrogen-bond acceptors (Lipinski definition) is 7. The molecule has 0 rings (SSSR count). The predicted molar refractivity (Wildman–Crippen MR) is 436 cm³/mol. The molecule has 2 unspecified atom stereocenters. The number of hydrogen-bond donors (Lipinski definition) is 1. The van der Waals surface area contributed by atoms with Crippen LogP contribution in [0.4, 0.5) is 0 Å². The van der Waals surface area contributed by atoms with Gasteiger partial charge in [-0.2, -0.15) is 0 Å². The fourth-order valence-electron chi connectivity index (χ4n) is 11.5. The van der Waals surface area contributed by atoms with Crippen molar-refractivity contribution < 1.29 is 42.1 Å². The standard InChI is InChI=1S/C90H156NO8P/c1-6-8-10-12-14-16-18-20-22-24-26-28-30-32-34-36-38-40-42-43-44-45-46-47-49-50-52-54-56-58-60-62-64-66-68-70-72-74-76-78-80-82-89(92)96-86-88(87-98-100(94,95)97-85-84-91(3,4)5)99-90(93)83-81-79-77-75-73-71-69-67-65-63-61-59-57-55-53-51-48-41-39-37-35-33-31-29-27-25-23-21-19-17-15-13-11-9-7-2/h9,11,15,17-18,20-21,23-24,26-27,29-30,32-33,35,39,41,51,53,57,59,63,65,88H,6-8,10,12-14,16,19,22,25,28,31,34,36-38,40,42-50,52,54-56,58,60-62,64,66-87H2,1-5H3/p+1/b11-9-,17-15-,20-18-,23-21-,26-24-,29-27-,32-30-,35-33-,41-39-,53-51-,59-57-,65-63-. The van der Waals surface area contributed by atoms with E-state index in [2.05, 4.69) is 160 Å². The lowest BCUT2D eigenvalue weighted by Crippen LogP contribution is -2.37. The van der Waals surface area contributed by atoms with Crippen molar-refractivity contribution in [3.8, 4) is 0 Å². The van der Waals surface area contributed by atoms with Crippen molar-refractivity contribution in [2.45, 2.75) is 367 Å². The van der Waals surface area contributed by atoms with E-state index < -0.39 is 26.5 Å². The topological polar surface area (TPSA) is 108 Å². The van der Waals surface area contributed by atoms with Gasteiger partial charge >= 0.3 is 19.8 Å². The molecule has 0 aliphatic heterocycles. The summed E-state index contributed by atoms with van der Waals surface area (Å²) in [4.78, 5) is 36.0. The number of carbonyl (C=O) groups excluding carboxylic acids is 2. The van der Waals surface area contributed by atoms with Crippen LogP contribution in [0.25, 0.3) is 0 Å². The number of carbonyl (C=O) groups is 2. The van der Waals surface area contributed by atoms with Gasteiger partial charge in [-0.25, -0.2) is 4.57 Å². The largest absolute Gasteiger partial charge is 0.472 e. The maximum atomic E-state index is 12.9. The van der Waals surface area contributed by atoms with Gasteiger partial charge in [-0.1, -0.05) is 372 Å². The average molecular weight is 1410 g/mol. The zero-order valence-electron chi connectivity index (χ0n) is 65.6. The quantitative estimate of drug-likeness (QED) is 0.0211. The number of esters is 2. The van der Waals surface area contributed by atoms with Gasteiger partial charge in [0.2, 0.25) is 0 Å². The molecule has 0 spiro atoms. The molecule has 100 heavy (non-hydrogen) atoms. The molecular weight excluding hydrogens is 1250 g/mol. The molecular formula is C90H157NO8P+. The van der Waals surface area contributed by atoms with Crippen LogP contribution in [-0.4, -0.2) is 74.9 Å². The van der Waals surface area contributed by atoms with E-state index in [9.17, 15) is 19.0 Å². The normalized spacial score (nSPS) is 13.8. The van der Waals surface area contributed by atoms with Gasteiger partial charge in [-0.3, -0.25) is 18.6 Å². The smallest absolute Gasteiger partial charge is 0.462 e. The lowest BCUT2D eigenvalue weighted by molar-refractivity contribution is -0.870. The number of ether oxygens (including phenoxy) is 2. The average Bonchev–Trinajstić information content (AvgIpc) is 1.65. The maximum absolute atomic E-state index is 12.9. The van der Waals surface area contributed by atoms with Crippen molar-refractivity contribution in [2.24, 2.45) is 0 Å². The van der Waals surface area contributed by atoms with Gasteiger partial charge in [0.25, 0.3) is 0 Å². The van der Waals surface area contributed by atoms with Crippen LogP contribution in [0.3, 0.4) is 0 Å². The van der Waals surface area contributed by atoms with Crippen molar-refractivity contribution in [2.75, 3.05) is 47.5 Å².